The van der Waals surface area contributed by atoms with Gasteiger partial charge in [0, 0.05) is 17.5 Å². The third kappa shape index (κ3) is 18.4. The van der Waals surface area contributed by atoms with Gasteiger partial charge in [-0.05, 0) is 153 Å². The van der Waals surface area contributed by atoms with E-state index in [2.05, 4.69) is 51.1 Å². The Labute approximate surface area is 454 Å². The van der Waals surface area contributed by atoms with Crippen molar-refractivity contribution in [3.63, 3.8) is 0 Å². The molecule has 7 rings (SSSR count). The summed E-state index contributed by atoms with van der Waals surface area (Å²) >= 11 is 0. The van der Waals surface area contributed by atoms with Crippen LogP contribution in [0.5, 0.6) is 23.0 Å². The molecule has 0 spiro atoms. The maximum absolute atomic E-state index is 11.9. The lowest BCUT2D eigenvalue weighted by Gasteiger charge is -2.11. The molecule has 0 aliphatic heterocycles. The van der Waals surface area contributed by atoms with E-state index in [1.807, 2.05) is 45.9 Å². The summed E-state index contributed by atoms with van der Waals surface area (Å²) in [6.45, 7) is 9.03. The Balaban J connectivity index is 0.00000134. The number of methoxy groups -OCH3 is 1. The van der Waals surface area contributed by atoms with Crippen molar-refractivity contribution in [1.29, 1.82) is 0 Å². The molecule has 0 unspecified atom stereocenters. The summed E-state index contributed by atoms with van der Waals surface area (Å²) in [6, 6.07) is 29.3. The van der Waals surface area contributed by atoms with Gasteiger partial charge in [0.25, 0.3) is 20.2 Å². The van der Waals surface area contributed by atoms with Crippen molar-refractivity contribution < 1.29 is 70.9 Å². The van der Waals surface area contributed by atoms with E-state index in [1.54, 1.807) is 61.5 Å². The van der Waals surface area contributed by atoms with Crippen LogP contribution >= 0.6 is 0 Å². The molecule has 0 aromatic heterocycles. The fourth-order valence-electron chi connectivity index (χ4n) is 6.85. The van der Waals surface area contributed by atoms with Gasteiger partial charge in [-0.15, -0.1) is 40.6 Å². The minimum atomic E-state index is -4.58. The van der Waals surface area contributed by atoms with Gasteiger partial charge in [0.2, 0.25) is 0 Å². The number of benzene rings is 7. The molecule has 0 amide bonds. The number of hydrogen-bond donors (Lipinski definition) is 4. The van der Waals surface area contributed by atoms with Crippen LogP contribution in [0.25, 0.3) is 10.8 Å². The number of fused-ring (bicyclic) bond motifs is 1. The highest BCUT2D eigenvalue weighted by Crippen LogP contribution is 2.41. The molecule has 79 heavy (non-hydrogen) atoms. The van der Waals surface area contributed by atoms with Crippen LogP contribution < -0.4 is 9.47 Å². The third-order valence-electron chi connectivity index (χ3n) is 10.7. The molecule has 0 radical (unpaired) electrons. The highest BCUT2D eigenvalue weighted by molar-refractivity contribution is 7.86. The van der Waals surface area contributed by atoms with E-state index in [4.69, 9.17) is 34.7 Å². The fraction of sp³-hybridized carbons (Fsp3) is 0.184. The normalized spacial score (nSPS) is 11.8. The summed E-state index contributed by atoms with van der Waals surface area (Å²) in [5, 5.41) is 65.8. The molecule has 7 aromatic carbocycles. The second-order valence-corrected chi connectivity index (χ2v) is 20.3. The van der Waals surface area contributed by atoms with Gasteiger partial charge >= 0.3 is 21.2 Å². The first-order chi connectivity index (χ1) is 37.2. The number of rotatable bonds is 17. The van der Waals surface area contributed by atoms with Crippen molar-refractivity contribution >= 4 is 109 Å². The maximum atomic E-state index is 11.9. The molecular formula is C49H46N10O16S4. The first kappa shape index (κ1) is 60.9. The molecule has 412 valence electrons. The zero-order valence-electron chi connectivity index (χ0n) is 42.3. The predicted molar refractivity (Wildman–Crippen MR) is 286 cm³/mol. The second-order valence-electron chi connectivity index (χ2n) is 16.5. The molecule has 0 saturated carbocycles. The van der Waals surface area contributed by atoms with Crippen molar-refractivity contribution in [3.8, 4) is 23.0 Å². The molecule has 0 fully saturated rings. The fourth-order valence-corrected chi connectivity index (χ4v) is 7.96. The molecule has 0 aliphatic rings. The SMILES string of the molecule is COc1cc(N=Nc2ccc3c(O)c(N=Nc4cc(C)c(N=Nc5cc(C)c(N=Nc6cc(C)c(N=Nc7ccccc7S(=O)(=O)O)cc6OCCCS(=O)(=O)O)cc5C)cc4C)ccc3c2)ccc1O.O=S(=O)=O.O=S(=O)=O. The first-order valence-corrected chi connectivity index (χ1v) is 27.5. The topological polar surface area (TPSA) is 394 Å². The van der Waals surface area contributed by atoms with Crippen LogP contribution in [0.15, 0.2) is 165 Å². The van der Waals surface area contributed by atoms with Crippen molar-refractivity contribution in [2.24, 2.45) is 51.1 Å². The quantitative estimate of drug-likeness (QED) is 0.0374. The molecule has 0 heterocycles. The largest absolute Gasteiger partial charge is 0.505 e. The van der Waals surface area contributed by atoms with Gasteiger partial charge < -0.3 is 19.7 Å². The lowest BCUT2D eigenvalue weighted by molar-refractivity contribution is 0.317. The van der Waals surface area contributed by atoms with E-state index in [-0.39, 0.29) is 58.8 Å². The number of phenols is 2. The zero-order chi connectivity index (χ0) is 58.2. The van der Waals surface area contributed by atoms with E-state index >= 15 is 0 Å². The van der Waals surface area contributed by atoms with E-state index in [0.29, 0.717) is 50.5 Å². The van der Waals surface area contributed by atoms with Gasteiger partial charge in [0.1, 0.15) is 27.7 Å². The Morgan fingerprint density at radius 1 is 0.468 bits per heavy atom. The molecule has 0 aliphatic carbocycles. The number of phenolic OH excluding ortho intramolecular Hbond substituents is 2. The van der Waals surface area contributed by atoms with Crippen LogP contribution in [0.2, 0.25) is 0 Å². The summed E-state index contributed by atoms with van der Waals surface area (Å²) in [4.78, 5) is -0.429. The van der Waals surface area contributed by atoms with Crippen LogP contribution in [0.3, 0.4) is 0 Å². The number of hydrogen-bond acceptors (Lipinski definition) is 24. The van der Waals surface area contributed by atoms with Crippen LogP contribution in [0, 0.1) is 34.6 Å². The summed E-state index contributed by atoms with van der Waals surface area (Å²) in [5.41, 5.74) is 7.62. The second kappa shape index (κ2) is 27.4. The van der Waals surface area contributed by atoms with E-state index in [0.717, 1.165) is 22.3 Å². The Kier molecular flexibility index (Phi) is 21.1. The summed E-state index contributed by atoms with van der Waals surface area (Å²) < 4.78 is 127. The van der Waals surface area contributed by atoms with E-state index < -0.39 is 52.1 Å². The average molecular weight is 1160 g/mol. The summed E-state index contributed by atoms with van der Waals surface area (Å²) in [5.74, 6) is -0.146. The van der Waals surface area contributed by atoms with E-state index in [1.165, 1.54) is 43.5 Å². The minimum absolute atomic E-state index is 0.00256. The summed E-state index contributed by atoms with van der Waals surface area (Å²) in [6.07, 6.45) is -0.0388. The van der Waals surface area contributed by atoms with Crippen LogP contribution in [0.1, 0.15) is 34.2 Å². The molecule has 30 heteroatoms. The van der Waals surface area contributed by atoms with Crippen molar-refractivity contribution in [2.75, 3.05) is 19.5 Å². The Bertz CT molecular complexity index is 4050. The van der Waals surface area contributed by atoms with Crippen LogP contribution in [0.4, 0.5) is 56.9 Å². The maximum Gasteiger partial charge on any atom is 0.425 e. The molecule has 7 aromatic rings. The number of azo groups is 5. The lowest BCUT2D eigenvalue weighted by Crippen LogP contribution is -2.08. The van der Waals surface area contributed by atoms with Gasteiger partial charge in [-0.25, -0.2) is 0 Å². The Morgan fingerprint density at radius 2 is 0.899 bits per heavy atom. The average Bonchev–Trinajstić information content (AvgIpc) is 3.44. The minimum Gasteiger partial charge on any atom is -0.505 e. The van der Waals surface area contributed by atoms with Crippen molar-refractivity contribution in [1.82, 2.24) is 0 Å². The molecular weight excluding hydrogens is 1110 g/mol. The van der Waals surface area contributed by atoms with Gasteiger partial charge in [-0.1, -0.05) is 18.2 Å². The highest BCUT2D eigenvalue weighted by Gasteiger charge is 2.17. The number of ether oxygens (including phenoxy) is 2. The molecule has 4 N–H and O–H groups in total. The Morgan fingerprint density at radius 3 is 1.39 bits per heavy atom. The van der Waals surface area contributed by atoms with Gasteiger partial charge in [-0.3, -0.25) is 9.11 Å². The van der Waals surface area contributed by atoms with Gasteiger partial charge in [0.15, 0.2) is 17.2 Å². The van der Waals surface area contributed by atoms with Gasteiger partial charge in [-0.2, -0.15) is 52.6 Å². The van der Waals surface area contributed by atoms with E-state index in [9.17, 15) is 36.2 Å². The third-order valence-corrected chi connectivity index (χ3v) is 12.4. The van der Waals surface area contributed by atoms with Crippen LogP contribution in [-0.2, 0) is 41.5 Å². The number of nitrogens with zero attached hydrogens (tertiary/aromatic N) is 10. The Hall–Kier alpha value is -8.94. The molecule has 0 bridgehead atoms. The smallest absolute Gasteiger partial charge is 0.425 e. The highest BCUT2D eigenvalue weighted by atomic mass is 32.2. The van der Waals surface area contributed by atoms with Crippen LogP contribution in [-0.4, -0.2) is 80.9 Å². The van der Waals surface area contributed by atoms with Crippen molar-refractivity contribution in [2.45, 2.75) is 45.9 Å². The monoisotopic (exact) mass is 1160 g/mol. The molecule has 26 nitrogen and oxygen atoms in total. The molecule has 0 atom stereocenters. The lowest BCUT2D eigenvalue weighted by atomic mass is 10.1. The van der Waals surface area contributed by atoms with Gasteiger partial charge in [0.05, 0.1) is 59.3 Å². The van der Waals surface area contributed by atoms with Crippen molar-refractivity contribution in [3.05, 3.63) is 137 Å². The zero-order valence-corrected chi connectivity index (χ0v) is 45.6. The number of aryl methyl sites for hydroxylation is 5. The predicted octanol–water partition coefficient (Wildman–Crippen LogP) is 12.8. The standard InChI is InChI=1S/C49H46N10O10S2.2O3S/c1-28-21-40(29(2)20-39(28)54-53-38-16-12-33-25-34(13-15-36(33)49(38)61)50-51-35-14-17-45(60)47(26-35)68-6)55-56-41-22-31(4)42(23-30(41)3)57-59-44-24-32(5)43(27-46(44)69-18-9-19-70(62,63)64)58-52-37-10-7-8-11-48(37)71(65,66)67;2*1-4(2)3/h7-8,10-17,20-27,60-61H,9,18-19H2,1-6H3,(H,62,63,64)(H,65,66,67);;. The number of aromatic hydroxyl groups is 2. The first-order valence-electron chi connectivity index (χ1n) is 22.5. The summed E-state index contributed by atoms with van der Waals surface area (Å²) in [7, 11) is -13.6. The molecule has 0 saturated heterocycles.